The van der Waals surface area contributed by atoms with Crippen LogP contribution < -0.4 is 5.32 Å². The smallest absolute Gasteiger partial charge is 0.317 e. The van der Waals surface area contributed by atoms with Gasteiger partial charge in [-0.05, 0) is 30.9 Å². The Bertz CT molecular complexity index is 640. The van der Waals surface area contributed by atoms with Crippen LogP contribution in [0.2, 0.25) is 0 Å². The third-order valence-electron chi connectivity index (χ3n) is 4.40. The first-order valence-corrected chi connectivity index (χ1v) is 8.24. The summed E-state index contributed by atoms with van der Waals surface area (Å²) in [5, 5.41) is 7.24. The number of amides is 2. The number of nitrogens with zero attached hydrogens (tertiary/aromatic N) is 4. The van der Waals surface area contributed by atoms with Crippen LogP contribution in [0.15, 0.2) is 36.8 Å². The average Bonchev–Trinajstić information content (AvgIpc) is 3.14. The molecule has 0 spiro atoms. The molecule has 2 amide bonds. The summed E-state index contributed by atoms with van der Waals surface area (Å²) < 4.78 is 1.72. The number of carbonyl (C=O) groups is 1. The van der Waals surface area contributed by atoms with Gasteiger partial charge in [0.25, 0.3) is 0 Å². The number of carbonyl (C=O) groups excluding carboxylic acids is 1. The van der Waals surface area contributed by atoms with Crippen molar-refractivity contribution in [3.63, 3.8) is 0 Å². The number of hydrogen-bond acceptors (Lipinski definition) is 3. The van der Waals surface area contributed by atoms with Crippen molar-refractivity contribution in [2.45, 2.75) is 32.7 Å². The predicted molar refractivity (Wildman–Crippen MR) is 88.2 cm³/mol. The lowest BCUT2D eigenvalue weighted by molar-refractivity contribution is 0.163. The number of nitrogens with one attached hydrogen (secondary N) is 1. The first-order valence-electron chi connectivity index (χ1n) is 8.24. The molecule has 1 aliphatic rings. The van der Waals surface area contributed by atoms with Crippen molar-refractivity contribution >= 4 is 6.03 Å². The molecule has 2 aromatic heterocycles. The standard InChI is InChI=1S/C17H23N5O/c1-2-14-6-4-10-21(13-14)17(23)19-12-15-7-3-8-18-16(15)22-11-5-9-20-22/h3,5,7-9,11,14H,2,4,6,10,12-13H2,1H3,(H,19,23)/t14-/m0/s1. The maximum atomic E-state index is 12.4. The fourth-order valence-corrected chi connectivity index (χ4v) is 3.03. The van der Waals surface area contributed by atoms with Crippen LogP contribution in [0.1, 0.15) is 31.7 Å². The van der Waals surface area contributed by atoms with Crippen LogP contribution in [-0.2, 0) is 6.54 Å². The van der Waals surface area contributed by atoms with Gasteiger partial charge in [0.05, 0.1) is 0 Å². The van der Waals surface area contributed by atoms with Crippen molar-refractivity contribution in [3.05, 3.63) is 42.4 Å². The van der Waals surface area contributed by atoms with Crippen LogP contribution in [0, 0.1) is 5.92 Å². The topological polar surface area (TPSA) is 63.1 Å². The molecule has 1 saturated heterocycles. The molecule has 3 heterocycles. The summed E-state index contributed by atoms with van der Waals surface area (Å²) >= 11 is 0. The van der Waals surface area contributed by atoms with E-state index in [0.717, 1.165) is 37.3 Å². The molecule has 0 radical (unpaired) electrons. The minimum Gasteiger partial charge on any atom is -0.334 e. The van der Waals surface area contributed by atoms with Crippen LogP contribution in [0.5, 0.6) is 0 Å². The minimum absolute atomic E-state index is 0.0124. The lowest BCUT2D eigenvalue weighted by Crippen LogP contribution is -2.45. The van der Waals surface area contributed by atoms with Gasteiger partial charge < -0.3 is 10.2 Å². The Hall–Kier alpha value is -2.37. The van der Waals surface area contributed by atoms with Crippen LogP contribution in [0.4, 0.5) is 4.79 Å². The lowest BCUT2D eigenvalue weighted by Gasteiger charge is -2.32. The Morgan fingerprint density at radius 1 is 1.39 bits per heavy atom. The van der Waals surface area contributed by atoms with E-state index in [2.05, 4.69) is 22.3 Å². The molecule has 0 bridgehead atoms. The van der Waals surface area contributed by atoms with Gasteiger partial charge >= 0.3 is 6.03 Å². The Balaban J connectivity index is 1.63. The number of pyridine rings is 1. The molecule has 122 valence electrons. The molecule has 3 rings (SSSR count). The van der Waals surface area contributed by atoms with Gasteiger partial charge in [0.15, 0.2) is 5.82 Å². The Morgan fingerprint density at radius 2 is 2.30 bits per heavy atom. The third-order valence-corrected chi connectivity index (χ3v) is 4.40. The van der Waals surface area contributed by atoms with Gasteiger partial charge in [-0.15, -0.1) is 0 Å². The fourth-order valence-electron chi connectivity index (χ4n) is 3.03. The second-order valence-electron chi connectivity index (χ2n) is 5.96. The van der Waals surface area contributed by atoms with E-state index >= 15 is 0 Å². The highest BCUT2D eigenvalue weighted by atomic mass is 16.2. The molecule has 23 heavy (non-hydrogen) atoms. The first-order chi connectivity index (χ1) is 11.3. The van der Waals surface area contributed by atoms with Crippen molar-refractivity contribution in [2.75, 3.05) is 13.1 Å². The summed E-state index contributed by atoms with van der Waals surface area (Å²) in [7, 11) is 0. The number of rotatable bonds is 4. The summed E-state index contributed by atoms with van der Waals surface area (Å²) in [6, 6.07) is 5.71. The van der Waals surface area contributed by atoms with Gasteiger partial charge in [-0.3, -0.25) is 0 Å². The summed E-state index contributed by atoms with van der Waals surface area (Å²) in [6.45, 7) is 4.36. The summed E-state index contributed by atoms with van der Waals surface area (Å²) in [5.74, 6) is 1.38. The molecule has 6 heteroatoms. The Morgan fingerprint density at radius 3 is 3.09 bits per heavy atom. The van der Waals surface area contributed by atoms with E-state index in [4.69, 9.17) is 0 Å². The third kappa shape index (κ3) is 3.70. The zero-order valence-corrected chi connectivity index (χ0v) is 13.5. The molecule has 0 saturated carbocycles. The molecule has 1 fully saturated rings. The highest BCUT2D eigenvalue weighted by Crippen LogP contribution is 2.19. The normalized spacial score (nSPS) is 18.0. The lowest BCUT2D eigenvalue weighted by atomic mass is 9.96. The van der Waals surface area contributed by atoms with Crippen molar-refractivity contribution < 1.29 is 4.79 Å². The molecule has 6 nitrogen and oxygen atoms in total. The van der Waals surface area contributed by atoms with Crippen molar-refractivity contribution in [3.8, 4) is 5.82 Å². The van der Waals surface area contributed by atoms with Gasteiger partial charge in [0.1, 0.15) is 0 Å². The SMILES string of the molecule is CC[C@H]1CCCN(C(=O)NCc2cccnc2-n2cccn2)C1. The second kappa shape index (κ2) is 7.26. The number of piperidine rings is 1. The van der Waals surface area contributed by atoms with E-state index in [1.807, 2.05) is 29.3 Å². The quantitative estimate of drug-likeness (QED) is 0.943. The number of likely N-dealkylation sites (tertiary alicyclic amines) is 1. The average molecular weight is 313 g/mol. The zero-order valence-electron chi connectivity index (χ0n) is 13.5. The minimum atomic E-state index is 0.0124. The highest BCUT2D eigenvalue weighted by Gasteiger charge is 2.22. The fraction of sp³-hybridized carbons (Fsp3) is 0.471. The highest BCUT2D eigenvalue weighted by molar-refractivity contribution is 5.74. The van der Waals surface area contributed by atoms with E-state index in [1.54, 1.807) is 17.1 Å². The van der Waals surface area contributed by atoms with Gasteiger partial charge in [-0.25, -0.2) is 14.5 Å². The molecule has 1 aliphatic heterocycles. The Kier molecular flexibility index (Phi) is 4.90. The van der Waals surface area contributed by atoms with Crippen molar-refractivity contribution in [2.24, 2.45) is 5.92 Å². The molecular formula is C17H23N5O. The van der Waals surface area contributed by atoms with Gasteiger partial charge in [-0.1, -0.05) is 19.4 Å². The number of hydrogen-bond donors (Lipinski definition) is 1. The second-order valence-corrected chi connectivity index (χ2v) is 5.96. The molecule has 1 N–H and O–H groups in total. The van der Waals surface area contributed by atoms with Crippen molar-refractivity contribution in [1.29, 1.82) is 0 Å². The maximum absolute atomic E-state index is 12.4. The predicted octanol–water partition coefficient (Wildman–Crippen LogP) is 2.60. The maximum Gasteiger partial charge on any atom is 0.317 e. The van der Waals surface area contributed by atoms with E-state index < -0.39 is 0 Å². The monoisotopic (exact) mass is 313 g/mol. The van der Waals surface area contributed by atoms with E-state index in [9.17, 15) is 4.79 Å². The van der Waals surface area contributed by atoms with E-state index in [1.165, 1.54) is 6.42 Å². The molecular weight excluding hydrogens is 290 g/mol. The number of aromatic nitrogens is 3. The van der Waals surface area contributed by atoms with Crippen LogP contribution in [0.3, 0.4) is 0 Å². The molecule has 1 atom stereocenters. The van der Waals surface area contributed by atoms with Crippen LogP contribution in [0.25, 0.3) is 5.82 Å². The molecule has 0 aromatic carbocycles. The first kappa shape index (κ1) is 15.5. The van der Waals surface area contributed by atoms with Gasteiger partial charge in [-0.2, -0.15) is 5.10 Å². The van der Waals surface area contributed by atoms with Gasteiger partial charge in [0, 0.05) is 43.8 Å². The molecule has 0 unspecified atom stereocenters. The summed E-state index contributed by atoms with van der Waals surface area (Å²) in [4.78, 5) is 18.7. The summed E-state index contributed by atoms with van der Waals surface area (Å²) in [6.07, 6.45) is 8.76. The molecule has 0 aliphatic carbocycles. The zero-order chi connectivity index (χ0) is 16.1. The van der Waals surface area contributed by atoms with E-state index in [-0.39, 0.29) is 6.03 Å². The largest absolute Gasteiger partial charge is 0.334 e. The van der Waals surface area contributed by atoms with Crippen LogP contribution in [-0.4, -0.2) is 38.8 Å². The van der Waals surface area contributed by atoms with E-state index in [0.29, 0.717) is 12.5 Å². The molecule has 2 aromatic rings. The van der Waals surface area contributed by atoms with Crippen LogP contribution >= 0.6 is 0 Å². The number of urea groups is 1. The Labute approximate surface area is 136 Å². The summed E-state index contributed by atoms with van der Waals surface area (Å²) in [5.41, 5.74) is 0.952. The van der Waals surface area contributed by atoms with Gasteiger partial charge in [0.2, 0.25) is 0 Å². The van der Waals surface area contributed by atoms with Crippen molar-refractivity contribution in [1.82, 2.24) is 25.0 Å².